The number of benzene rings is 1. The summed E-state index contributed by atoms with van der Waals surface area (Å²) in [7, 11) is 0. The molecular weight excluding hydrogens is 264 g/mol. The van der Waals surface area contributed by atoms with Crippen LogP contribution in [-0.2, 0) is 0 Å². The molecule has 0 fully saturated rings. The summed E-state index contributed by atoms with van der Waals surface area (Å²) in [5, 5.41) is 3.96. The van der Waals surface area contributed by atoms with E-state index in [-0.39, 0.29) is 11.9 Å². The molecule has 1 amide bonds. The van der Waals surface area contributed by atoms with Crippen molar-refractivity contribution >= 4 is 22.5 Å². The number of nitrogens with zero attached hydrogens (tertiary/aromatic N) is 1. The average molecular weight is 288 g/mol. The van der Waals surface area contributed by atoms with Crippen molar-refractivity contribution in [2.75, 3.05) is 25.4 Å². The molecule has 5 nitrogen and oxygen atoms in total. The first kappa shape index (κ1) is 15.4. The molecule has 1 unspecified atom stereocenters. The summed E-state index contributed by atoms with van der Waals surface area (Å²) in [6.45, 7) is 9.12. The van der Waals surface area contributed by atoms with Crippen LogP contribution in [0.3, 0.4) is 0 Å². The molecule has 4 N–H and O–H groups in total. The zero-order chi connectivity index (χ0) is 15.4. The number of hydrogen-bond acceptors (Lipinski definition) is 3. The molecule has 0 aliphatic rings. The summed E-state index contributed by atoms with van der Waals surface area (Å²) in [5.41, 5.74) is 7.98. The summed E-state index contributed by atoms with van der Waals surface area (Å²) in [4.78, 5) is 17.8. The number of aromatic amines is 1. The van der Waals surface area contributed by atoms with E-state index in [1.54, 1.807) is 6.20 Å². The van der Waals surface area contributed by atoms with Crippen LogP contribution in [0.15, 0.2) is 24.4 Å². The van der Waals surface area contributed by atoms with Crippen LogP contribution in [-0.4, -0.2) is 41.5 Å². The lowest BCUT2D eigenvalue weighted by molar-refractivity contribution is 0.0932. The van der Waals surface area contributed by atoms with E-state index in [0.717, 1.165) is 30.5 Å². The summed E-state index contributed by atoms with van der Waals surface area (Å²) in [6, 6.07) is 5.64. The average Bonchev–Trinajstić information content (AvgIpc) is 2.87. The van der Waals surface area contributed by atoms with Gasteiger partial charge in [0.2, 0.25) is 0 Å². The van der Waals surface area contributed by atoms with Crippen LogP contribution in [0.5, 0.6) is 0 Å². The molecule has 114 valence electrons. The standard InChI is InChI=1S/C16H24N4O/c1-4-20(5-2)10-11(3)19-16(21)14-9-18-15-8-12(17)6-7-13(14)15/h6-9,11,18H,4-5,10,17H2,1-3H3,(H,19,21). The minimum Gasteiger partial charge on any atom is -0.399 e. The number of anilines is 1. The fraction of sp³-hybridized carbons (Fsp3) is 0.438. The lowest BCUT2D eigenvalue weighted by Crippen LogP contribution is -2.41. The third-order valence-corrected chi connectivity index (χ3v) is 3.75. The molecule has 0 bridgehead atoms. The molecule has 2 rings (SSSR count). The highest BCUT2D eigenvalue weighted by Gasteiger charge is 2.15. The molecule has 0 aliphatic heterocycles. The van der Waals surface area contributed by atoms with Gasteiger partial charge in [-0.25, -0.2) is 0 Å². The molecule has 0 spiro atoms. The van der Waals surface area contributed by atoms with Crippen LogP contribution >= 0.6 is 0 Å². The molecule has 5 heteroatoms. The maximum absolute atomic E-state index is 12.4. The second-order valence-electron chi connectivity index (χ2n) is 5.37. The third-order valence-electron chi connectivity index (χ3n) is 3.75. The van der Waals surface area contributed by atoms with Crippen LogP contribution in [0, 0.1) is 0 Å². The Hall–Kier alpha value is -2.01. The number of nitrogens with one attached hydrogen (secondary N) is 2. The van der Waals surface area contributed by atoms with Crippen molar-refractivity contribution in [3.05, 3.63) is 30.0 Å². The number of carbonyl (C=O) groups excluding carboxylic acids is 1. The van der Waals surface area contributed by atoms with E-state index in [1.807, 2.05) is 25.1 Å². The Bertz CT molecular complexity index is 616. The van der Waals surface area contributed by atoms with Crippen molar-refractivity contribution in [2.24, 2.45) is 0 Å². The largest absolute Gasteiger partial charge is 0.399 e. The Morgan fingerprint density at radius 3 is 2.76 bits per heavy atom. The number of rotatable bonds is 6. The monoisotopic (exact) mass is 288 g/mol. The van der Waals surface area contributed by atoms with E-state index in [1.165, 1.54) is 0 Å². The van der Waals surface area contributed by atoms with Crippen molar-refractivity contribution in [3.63, 3.8) is 0 Å². The normalized spacial score (nSPS) is 12.8. The van der Waals surface area contributed by atoms with Gasteiger partial charge in [0.05, 0.1) is 5.56 Å². The van der Waals surface area contributed by atoms with Gasteiger partial charge < -0.3 is 20.9 Å². The quantitative estimate of drug-likeness (QED) is 0.713. The summed E-state index contributed by atoms with van der Waals surface area (Å²) in [6.07, 6.45) is 1.74. The van der Waals surface area contributed by atoms with E-state index in [0.29, 0.717) is 11.3 Å². The third kappa shape index (κ3) is 3.55. The number of nitrogens with two attached hydrogens (primary N) is 1. The summed E-state index contributed by atoms with van der Waals surface area (Å²) in [5.74, 6) is -0.0503. The van der Waals surface area contributed by atoms with Crippen molar-refractivity contribution in [1.29, 1.82) is 0 Å². The molecule has 0 saturated heterocycles. The number of H-pyrrole nitrogens is 1. The van der Waals surface area contributed by atoms with Gasteiger partial charge in [0.1, 0.15) is 0 Å². The minimum absolute atomic E-state index is 0.0503. The SMILES string of the molecule is CCN(CC)CC(C)NC(=O)c1c[nH]c2cc(N)ccc12. The van der Waals surface area contributed by atoms with Gasteiger partial charge in [0.15, 0.2) is 0 Å². The first-order chi connectivity index (χ1) is 10.0. The van der Waals surface area contributed by atoms with Gasteiger partial charge in [-0.1, -0.05) is 13.8 Å². The first-order valence-electron chi connectivity index (χ1n) is 7.45. The van der Waals surface area contributed by atoms with Gasteiger partial charge >= 0.3 is 0 Å². The van der Waals surface area contributed by atoms with Crippen molar-refractivity contribution in [1.82, 2.24) is 15.2 Å². The zero-order valence-electron chi connectivity index (χ0n) is 12.9. The second-order valence-corrected chi connectivity index (χ2v) is 5.37. The smallest absolute Gasteiger partial charge is 0.253 e. The number of likely N-dealkylation sites (N-methyl/N-ethyl adjacent to an activating group) is 1. The maximum Gasteiger partial charge on any atom is 0.253 e. The lowest BCUT2D eigenvalue weighted by atomic mass is 10.1. The van der Waals surface area contributed by atoms with Gasteiger partial charge in [-0.05, 0) is 38.2 Å². The fourth-order valence-electron chi connectivity index (χ4n) is 2.55. The van der Waals surface area contributed by atoms with Crippen molar-refractivity contribution in [3.8, 4) is 0 Å². The predicted molar refractivity (Wildman–Crippen MR) is 87.4 cm³/mol. The predicted octanol–water partition coefficient (Wildman–Crippen LogP) is 2.21. The van der Waals surface area contributed by atoms with Crippen molar-refractivity contribution < 1.29 is 4.79 Å². The molecule has 1 heterocycles. The van der Waals surface area contributed by atoms with Crippen LogP contribution in [0.1, 0.15) is 31.1 Å². The van der Waals surface area contributed by atoms with Crippen LogP contribution in [0.2, 0.25) is 0 Å². The highest BCUT2D eigenvalue weighted by atomic mass is 16.1. The number of fused-ring (bicyclic) bond motifs is 1. The molecule has 21 heavy (non-hydrogen) atoms. The number of amides is 1. The molecular formula is C16H24N4O. The molecule has 2 aromatic rings. The van der Waals surface area contributed by atoms with E-state index >= 15 is 0 Å². The molecule has 1 atom stereocenters. The van der Waals surface area contributed by atoms with E-state index in [4.69, 9.17) is 5.73 Å². The second kappa shape index (κ2) is 6.63. The van der Waals surface area contributed by atoms with Crippen LogP contribution in [0.25, 0.3) is 10.9 Å². The first-order valence-corrected chi connectivity index (χ1v) is 7.45. The maximum atomic E-state index is 12.4. The van der Waals surface area contributed by atoms with E-state index in [2.05, 4.69) is 29.0 Å². The molecule has 1 aromatic carbocycles. The number of hydrogen-bond donors (Lipinski definition) is 3. The Kier molecular flexibility index (Phi) is 4.85. The summed E-state index contributed by atoms with van der Waals surface area (Å²) < 4.78 is 0. The lowest BCUT2D eigenvalue weighted by Gasteiger charge is -2.23. The topological polar surface area (TPSA) is 74.2 Å². The molecule has 0 aliphatic carbocycles. The highest BCUT2D eigenvalue weighted by Crippen LogP contribution is 2.20. The van der Waals surface area contributed by atoms with Gasteiger partial charge in [0, 0.05) is 35.4 Å². The molecule has 1 aromatic heterocycles. The fourth-order valence-corrected chi connectivity index (χ4v) is 2.55. The van der Waals surface area contributed by atoms with E-state index in [9.17, 15) is 4.79 Å². The number of nitrogen functional groups attached to an aromatic ring is 1. The van der Waals surface area contributed by atoms with Crippen molar-refractivity contribution in [2.45, 2.75) is 26.8 Å². The Morgan fingerprint density at radius 2 is 2.10 bits per heavy atom. The number of aromatic nitrogens is 1. The highest BCUT2D eigenvalue weighted by molar-refractivity contribution is 6.07. The number of carbonyl (C=O) groups is 1. The Labute approximate surface area is 125 Å². The zero-order valence-corrected chi connectivity index (χ0v) is 12.9. The van der Waals surface area contributed by atoms with Crippen LogP contribution in [0.4, 0.5) is 5.69 Å². The minimum atomic E-state index is -0.0503. The van der Waals surface area contributed by atoms with Crippen LogP contribution < -0.4 is 11.1 Å². The van der Waals surface area contributed by atoms with Gasteiger partial charge in [-0.3, -0.25) is 4.79 Å². The molecule has 0 radical (unpaired) electrons. The Balaban J connectivity index is 2.08. The van der Waals surface area contributed by atoms with Gasteiger partial charge in [-0.2, -0.15) is 0 Å². The van der Waals surface area contributed by atoms with Gasteiger partial charge in [0.25, 0.3) is 5.91 Å². The molecule has 0 saturated carbocycles. The summed E-state index contributed by atoms with van der Waals surface area (Å²) >= 11 is 0. The van der Waals surface area contributed by atoms with E-state index < -0.39 is 0 Å². The van der Waals surface area contributed by atoms with Gasteiger partial charge in [-0.15, -0.1) is 0 Å². The Morgan fingerprint density at radius 1 is 1.38 bits per heavy atom.